The molecule has 0 aliphatic rings. The van der Waals surface area contributed by atoms with E-state index in [1.54, 1.807) is 18.8 Å². The average molecular weight is 330 g/mol. The fraction of sp³-hybridized carbons (Fsp3) is 0.615. The van der Waals surface area contributed by atoms with Crippen molar-refractivity contribution in [2.45, 2.75) is 33.2 Å². The molecule has 0 amide bonds. The van der Waals surface area contributed by atoms with Gasteiger partial charge < -0.3 is 10.8 Å². The molecule has 0 atom stereocenters. The predicted octanol–water partition coefficient (Wildman–Crippen LogP) is 2.07. The van der Waals surface area contributed by atoms with E-state index in [0.717, 1.165) is 23.6 Å². The van der Waals surface area contributed by atoms with Crippen LogP contribution in [0.1, 0.15) is 26.7 Å². The molecule has 21 heavy (non-hydrogen) atoms. The van der Waals surface area contributed by atoms with Crippen molar-refractivity contribution in [2.75, 3.05) is 18.1 Å². The smallest absolute Gasteiger partial charge is 0.330 e. The first kappa shape index (κ1) is 17.9. The summed E-state index contributed by atoms with van der Waals surface area (Å²) in [6.45, 7) is 3.98. The molecule has 0 fully saturated rings. The van der Waals surface area contributed by atoms with Crippen molar-refractivity contribution in [3.05, 3.63) is 15.1 Å². The zero-order chi connectivity index (χ0) is 16.0. The number of aliphatic hydroxyl groups excluding tert-OH is 1. The molecule has 1 rings (SSSR count). The number of anilines is 1. The zero-order valence-electron chi connectivity index (χ0n) is 12.6. The number of hydrogen-bond donors (Lipinski definition) is 2. The lowest BCUT2D eigenvalue weighted by atomic mass is 10.4. The molecule has 0 bridgehead atoms. The van der Waals surface area contributed by atoms with E-state index in [1.165, 1.54) is 9.13 Å². The number of thioether (sulfide) groups is 1. The topological polar surface area (TPSA) is 85.5 Å². The molecule has 3 N–H and O–H groups in total. The number of unbranched alkanes of at least 4 members (excludes halogenated alkanes) is 1. The lowest BCUT2D eigenvalue weighted by molar-refractivity contribution is 0.273. The molecular formula is C13H22N4O2S2. The minimum atomic E-state index is -0.326. The molecule has 1 aromatic rings. The van der Waals surface area contributed by atoms with Crippen molar-refractivity contribution in [1.29, 1.82) is 0 Å². The Bertz CT molecular complexity index is 634. The molecule has 0 radical (unpaired) electrons. The summed E-state index contributed by atoms with van der Waals surface area (Å²) in [5, 5.41) is 9.96. The van der Waals surface area contributed by atoms with E-state index in [0.29, 0.717) is 5.82 Å². The predicted molar refractivity (Wildman–Crippen MR) is 92.1 cm³/mol. The summed E-state index contributed by atoms with van der Waals surface area (Å²) in [4.78, 5) is 16.6. The van der Waals surface area contributed by atoms with Gasteiger partial charge in [-0.25, -0.2) is 9.79 Å². The second-order valence-electron chi connectivity index (χ2n) is 4.59. The van der Waals surface area contributed by atoms with Gasteiger partial charge in [-0.15, -0.1) is 11.8 Å². The summed E-state index contributed by atoms with van der Waals surface area (Å²) < 4.78 is 2.91. The fourth-order valence-electron chi connectivity index (χ4n) is 1.75. The van der Waals surface area contributed by atoms with Gasteiger partial charge in [0.15, 0.2) is 5.82 Å². The standard InChI is InChI=1S/C13H22N4O2S2/c1-4-5-8-21-9(2)15-11-10(14)12(20)16(3)13(19)17(11)6-7-18/h18H,4-8,14H2,1-3H3/b15-9+. The SMILES string of the molecule is CCCCS/C(C)=N/c1c(N)c(=S)n(C)c(=O)n1CCO. The van der Waals surface area contributed by atoms with E-state index < -0.39 is 0 Å². The van der Waals surface area contributed by atoms with Gasteiger partial charge in [0.05, 0.1) is 18.2 Å². The highest BCUT2D eigenvalue weighted by Crippen LogP contribution is 2.23. The fourth-order valence-corrected chi connectivity index (χ4v) is 2.80. The first-order valence-corrected chi connectivity index (χ1v) is 8.21. The van der Waals surface area contributed by atoms with E-state index in [9.17, 15) is 4.79 Å². The highest BCUT2D eigenvalue weighted by atomic mass is 32.2. The van der Waals surface area contributed by atoms with Crippen LogP contribution in [0.2, 0.25) is 0 Å². The number of aliphatic hydroxyl groups is 1. The van der Waals surface area contributed by atoms with Gasteiger partial charge in [0.1, 0.15) is 10.3 Å². The molecule has 0 aromatic carbocycles. The Morgan fingerprint density at radius 2 is 2.19 bits per heavy atom. The Hall–Kier alpha value is -1.12. The van der Waals surface area contributed by atoms with E-state index in [2.05, 4.69) is 11.9 Å². The van der Waals surface area contributed by atoms with Crippen LogP contribution in [-0.2, 0) is 13.6 Å². The molecule has 0 saturated carbocycles. The molecule has 0 aliphatic carbocycles. The van der Waals surface area contributed by atoms with Gasteiger partial charge in [0.25, 0.3) is 0 Å². The maximum absolute atomic E-state index is 12.2. The molecule has 0 spiro atoms. The van der Waals surface area contributed by atoms with Crippen LogP contribution in [-0.4, -0.2) is 31.6 Å². The molecule has 0 saturated heterocycles. The first-order chi connectivity index (χ1) is 9.93. The van der Waals surface area contributed by atoms with Crippen LogP contribution in [0.4, 0.5) is 11.5 Å². The largest absolute Gasteiger partial charge is 0.395 e. The molecule has 0 unspecified atom stereocenters. The Kier molecular flexibility index (Phi) is 7.13. The van der Waals surface area contributed by atoms with Crippen LogP contribution in [0.5, 0.6) is 0 Å². The summed E-state index contributed by atoms with van der Waals surface area (Å²) in [5.74, 6) is 1.30. The van der Waals surface area contributed by atoms with Crippen molar-refractivity contribution in [1.82, 2.24) is 9.13 Å². The van der Waals surface area contributed by atoms with E-state index in [1.807, 2.05) is 6.92 Å². The Labute approximate surface area is 133 Å². The lowest BCUT2D eigenvalue weighted by Gasteiger charge is -2.14. The number of aromatic nitrogens is 2. The number of nitrogens with zero attached hydrogens (tertiary/aromatic N) is 3. The van der Waals surface area contributed by atoms with Crippen LogP contribution in [0, 0.1) is 4.64 Å². The van der Waals surface area contributed by atoms with Gasteiger partial charge in [-0.2, -0.15) is 0 Å². The van der Waals surface area contributed by atoms with Gasteiger partial charge in [-0.05, 0) is 19.1 Å². The molecule has 1 heterocycles. The van der Waals surface area contributed by atoms with Crippen LogP contribution in [0.3, 0.4) is 0 Å². The summed E-state index contributed by atoms with van der Waals surface area (Å²) >= 11 is 6.78. The van der Waals surface area contributed by atoms with Crippen molar-refractivity contribution in [3.8, 4) is 0 Å². The number of rotatable bonds is 6. The van der Waals surface area contributed by atoms with Crippen LogP contribution in [0.25, 0.3) is 0 Å². The Balaban J connectivity index is 3.30. The second-order valence-corrected chi connectivity index (χ2v) is 6.27. The van der Waals surface area contributed by atoms with E-state index in [-0.39, 0.29) is 29.2 Å². The van der Waals surface area contributed by atoms with Crippen molar-refractivity contribution >= 4 is 40.5 Å². The van der Waals surface area contributed by atoms with Gasteiger partial charge in [-0.1, -0.05) is 25.6 Å². The highest BCUT2D eigenvalue weighted by Gasteiger charge is 2.12. The second kappa shape index (κ2) is 8.35. The monoisotopic (exact) mass is 330 g/mol. The van der Waals surface area contributed by atoms with E-state index >= 15 is 0 Å². The summed E-state index contributed by atoms with van der Waals surface area (Å²) in [5.41, 5.74) is 5.97. The summed E-state index contributed by atoms with van der Waals surface area (Å²) in [6, 6.07) is 0. The first-order valence-electron chi connectivity index (χ1n) is 6.82. The number of nitrogens with two attached hydrogens (primary N) is 1. The van der Waals surface area contributed by atoms with Gasteiger partial charge in [-0.3, -0.25) is 9.13 Å². The normalized spacial score (nSPS) is 11.9. The lowest BCUT2D eigenvalue weighted by Crippen LogP contribution is -2.31. The average Bonchev–Trinajstić information content (AvgIpc) is 2.46. The van der Waals surface area contributed by atoms with E-state index in [4.69, 9.17) is 23.1 Å². The maximum Gasteiger partial charge on any atom is 0.330 e. The Morgan fingerprint density at radius 3 is 2.76 bits per heavy atom. The third-order valence-electron chi connectivity index (χ3n) is 2.95. The maximum atomic E-state index is 12.2. The van der Waals surface area contributed by atoms with Crippen LogP contribution < -0.4 is 11.4 Å². The summed E-state index contributed by atoms with van der Waals surface area (Å²) in [7, 11) is 1.56. The molecule has 0 aliphatic heterocycles. The number of aliphatic imine (C=N–C) groups is 1. The Morgan fingerprint density at radius 1 is 1.52 bits per heavy atom. The van der Waals surface area contributed by atoms with Gasteiger partial charge >= 0.3 is 5.69 Å². The van der Waals surface area contributed by atoms with Gasteiger partial charge in [0, 0.05) is 7.05 Å². The highest BCUT2D eigenvalue weighted by molar-refractivity contribution is 8.13. The van der Waals surface area contributed by atoms with Crippen LogP contribution in [0.15, 0.2) is 9.79 Å². The van der Waals surface area contributed by atoms with Gasteiger partial charge in [0.2, 0.25) is 0 Å². The molecule has 118 valence electrons. The summed E-state index contributed by atoms with van der Waals surface area (Å²) in [6.07, 6.45) is 2.22. The quantitative estimate of drug-likeness (QED) is 0.361. The molecule has 1 aromatic heterocycles. The zero-order valence-corrected chi connectivity index (χ0v) is 14.3. The van der Waals surface area contributed by atoms with Crippen molar-refractivity contribution in [2.24, 2.45) is 12.0 Å². The molecule has 8 heteroatoms. The van der Waals surface area contributed by atoms with Crippen molar-refractivity contribution < 1.29 is 5.11 Å². The third-order valence-corrected chi connectivity index (χ3v) is 4.44. The number of hydrogen-bond acceptors (Lipinski definition) is 6. The minimum absolute atomic E-state index is 0.137. The van der Waals surface area contributed by atoms with Crippen LogP contribution >= 0.6 is 24.0 Å². The molecule has 6 nitrogen and oxygen atoms in total. The molecular weight excluding hydrogens is 308 g/mol. The van der Waals surface area contributed by atoms with Crippen molar-refractivity contribution in [3.63, 3.8) is 0 Å². The third kappa shape index (κ3) is 4.42. The number of nitrogen functional groups attached to an aromatic ring is 1. The minimum Gasteiger partial charge on any atom is -0.395 e.